The third kappa shape index (κ3) is 5.87. The Morgan fingerprint density at radius 2 is 1.66 bits per heavy atom. The van der Waals surface area contributed by atoms with E-state index >= 15 is 0 Å². The minimum Gasteiger partial charge on any atom is -0.385 e. The van der Waals surface area contributed by atoms with Crippen molar-refractivity contribution in [3.8, 4) is 23.2 Å². The first kappa shape index (κ1) is 23.1. The number of aliphatic hydroxyl groups is 1. The first-order valence-corrected chi connectivity index (χ1v) is 11.8. The van der Waals surface area contributed by atoms with Crippen molar-refractivity contribution >= 4 is 0 Å². The van der Waals surface area contributed by atoms with Gasteiger partial charge in [0.2, 0.25) is 0 Å². The third-order valence-corrected chi connectivity index (χ3v) is 6.00. The minimum absolute atomic E-state index is 0.485. The summed E-state index contributed by atoms with van der Waals surface area (Å²) in [7, 11) is 0. The van der Waals surface area contributed by atoms with E-state index in [0.717, 1.165) is 55.2 Å². The molecule has 1 saturated heterocycles. The Labute approximate surface area is 205 Å². The number of nitrogens with zero attached hydrogens (tertiary/aromatic N) is 4. The van der Waals surface area contributed by atoms with E-state index in [1.54, 1.807) is 13.1 Å². The van der Waals surface area contributed by atoms with Crippen LogP contribution in [-0.4, -0.2) is 51.0 Å². The molecule has 178 valence electrons. The van der Waals surface area contributed by atoms with Gasteiger partial charge in [-0.2, -0.15) is 0 Å². The fourth-order valence-corrected chi connectivity index (χ4v) is 4.09. The van der Waals surface area contributed by atoms with Crippen molar-refractivity contribution in [2.24, 2.45) is 0 Å². The molecule has 4 aromatic rings. The van der Waals surface area contributed by atoms with Crippen molar-refractivity contribution in [2.75, 3.05) is 26.3 Å². The first-order valence-electron chi connectivity index (χ1n) is 11.8. The molecule has 0 radical (unpaired) electrons. The molecule has 0 saturated carbocycles. The molecule has 35 heavy (non-hydrogen) atoms. The number of ether oxygens (including phenoxy) is 1. The third-order valence-electron chi connectivity index (χ3n) is 6.00. The number of aliphatic hydroxyl groups excluding tert-OH is 1. The number of imidazole rings is 1. The average Bonchev–Trinajstić information content (AvgIpc) is 3.55. The molecular weight excluding hydrogens is 440 g/mol. The van der Waals surface area contributed by atoms with Gasteiger partial charge in [0, 0.05) is 54.8 Å². The van der Waals surface area contributed by atoms with E-state index in [2.05, 4.69) is 51.1 Å². The van der Waals surface area contributed by atoms with Crippen LogP contribution in [0.5, 0.6) is 0 Å². The lowest BCUT2D eigenvalue weighted by Crippen LogP contribution is -2.35. The molecule has 7 nitrogen and oxygen atoms in total. The maximum absolute atomic E-state index is 9.83. The molecule has 2 aromatic heterocycles. The summed E-state index contributed by atoms with van der Waals surface area (Å²) < 4.78 is 12.8. The van der Waals surface area contributed by atoms with E-state index < -0.39 is 6.10 Å². The Hall–Kier alpha value is -3.70. The topological polar surface area (TPSA) is 76.6 Å². The van der Waals surface area contributed by atoms with Crippen LogP contribution in [0.3, 0.4) is 0 Å². The van der Waals surface area contributed by atoms with Gasteiger partial charge in [0.15, 0.2) is 5.76 Å². The van der Waals surface area contributed by atoms with Crippen LogP contribution in [0.2, 0.25) is 0 Å². The van der Waals surface area contributed by atoms with Crippen LogP contribution < -0.4 is 0 Å². The average molecular weight is 469 g/mol. The second-order valence-electron chi connectivity index (χ2n) is 8.68. The van der Waals surface area contributed by atoms with Gasteiger partial charge in [0.1, 0.15) is 17.6 Å². The van der Waals surface area contributed by atoms with E-state index in [4.69, 9.17) is 9.26 Å². The fraction of sp³-hybridized carbons (Fsp3) is 0.286. The lowest BCUT2D eigenvalue weighted by atomic mass is 10.1. The highest BCUT2D eigenvalue weighted by Crippen LogP contribution is 2.22. The monoisotopic (exact) mass is 468 g/mol. The Morgan fingerprint density at radius 1 is 0.971 bits per heavy atom. The van der Waals surface area contributed by atoms with Gasteiger partial charge in [-0.15, -0.1) is 0 Å². The zero-order valence-electron chi connectivity index (χ0n) is 19.7. The van der Waals surface area contributed by atoms with Gasteiger partial charge in [-0.05, 0) is 48.9 Å². The molecule has 3 heterocycles. The van der Waals surface area contributed by atoms with Gasteiger partial charge in [-0.25, -0.2) is 4.98 Å². The number of morpholine rings is 1. The zero-order valence-corrected chi connectivity index (χ0v) is 19.7. The summed E-state index contributed by atoms with van der Waals surface area (Å²) in [4.78, 5) is 6.60. The molecule has 0 unspecified atom stereocenters. The highest BCUT2D eigenvalue weighted by atomic mass is 16.5. The maximum atomic E-state index is 9.83. The van der Waals surface area contributed by atoms with Crippen molar-refractivity contribution in [2.45, 2.75) is 26.1 Å². The second-order valence-corrected chi connectivity index (χ2v) is 8.68. The predicted octanol–water partition coefficient (Wildman–Crippen LogP) is 3.87. The molecule has 7 heteroatoms. The van der Waals surface area contributed by atoms with Gasteiger partial charge in [0.25, 0.3) is 0 Å². The summed E-state index contributed by atoms with van der Waals surface area (Å²) in [5, 5.41) is 14.0. The Bertz CT molecular complexity index is 1300. The second kappa shape index (κ2) is 10.7. The Morgan fingerprint density at radius 3 is 2.34 bits per heavy atom. The van der Waals surface area contributed by atoms with E-state index in [1.165, 1.54) is 5.56 Å². The molecule has 1 fully saturated rings. The van der Waals surface area contributed by atoms with Gasteiger partial charge in [-0.3, -0.25) is 4.90 Å². The smallest absolute Gasteiger partial charge is 0.167 e. The molecule has 5 rings (SSSR count). The molecule has 1 atom stereocenters. The Balaban J connectivity index is 1.20. The molecule has 0 spiro atoms. The SMILES string of the molecule is C[C@H](O)c1nccn1Cc1cc(-c2ccc(C#Cc3ccc(CN4CCOCC4)cc3)cc2)on1. The first-order chi connectivity index (χ1) is 17.1. The summed E-state index contributed by atoms with van der Waals surface area (Å²) in [6.45, 7) is 6.74. The van der Waals surface area contributed by atoms with Gasteiger partial charge < -0.3 is 18.9 Å². The largest absolute Gasteiger partial charge is 0.385 e. The van der Waals surface area contributed by atoms with E-state index in [1.807, 2.05) is 41.1 Å². The number of benzene rings is 2. The number of hydrogen-bond acceptors (Lipinski definition) is 6. The molecular formula is C28H28N4O3. The van der Waals surface area contributed by atoms with Crippen molar-refractivity contribution in [3.05, 3.63) is 95.2 Å². The maximum Gasteiger partial charge on any atom is 0.167 e. The van der Waals surface area contributed by atoms with E-state index in [0.29, 0.717) is 18.1 Å². The summed E-state index contributed by atoms with van der Waals surface area (Å²) >= 11 is 0. The van der Waals surface area contributed by atoms with Crippen molar-refractivity contribution in [1.82, 2.24) is 19.6 Å². The molecule has 2 aromatic carbocycles. The fourth-order valence-electron chi connectivity index (χ4n) is 4.09. The summed E-state index contributed by atoms with van der Waals surface area (Å²) in [5.41, 5.74) is 4.92. The highest BCUT2D eigenvalue weighted by molar-refractivity contribution is 5.59. The summed E-state index contributed by atoms with van der Waals surface area (Å²) in [6, 6.07) is 18.3. The lowest BCUT2D eigenvalue weighted by molar-refractivity contribution is 0.0342. The molecule has 1 N–H and O–H groups in total. The molecule has 1 aliphatic rings. The van der Waals surface area contributed by atoms with Crippen molar-refractivity contribution < 1.29 is 14.4 Å². The summed E-state index contributed by atoms with van der Waals surface area (Å²) in [6.07, 6.45) is 2.85. The van der Waals surface area contributed by atoms with E-state index in [-0.39, 0.29) is 0 Å². The zero-order chi connectivity index (χ0) is 24.0. The lowest BCUT2D eigenvalue weighted by Gasteiger charge is -2.26. The van der Waals surface area contributed by atoms with Gasteiger partial charge in [-0.1, -0.05) is 29.1 Å². The van der Waals surface area contributed by atoms with Crippen LogP contribution in [0.25, 0.3) is 11.3 Å². The van der Waals surface area contributed by atoms with Crippen molar-refractivity contribution in [3.63, 3.8) is 0 Å². The van der Waals surface area contributed by atoms with E-state index in [9.17, 15) is 5.11 Å². The number of aromatic nitrogens is 3. The van der Waals surface area contributed by atoms with Crippen LogP contribution in [0.15, 0.2) is 71.5 Å². The summed E-state index contributed by atoms with van der Waals surface area (Å²) in [5.74, 6) is 7.77. The normalized spacial score (nSPS) is 14.9. The number of hydrogen-bond donors (Lipinski definition) is 1. The molecule has 0 bridgehead atoms. The van der Waals surface area contributed by atoms with Crippen molar-refractivity contribution in [1.29, 1.82) is 0 Å². The van der Waals surface area contributed by atoms with Crippen LogP contribution in [0.1, 0.15) is 41.2 Å². The predicted molar refractivity (Wildman–Crippen MR) is 132 cm³/mol. The highest BCUT2D eigenvalue weighted by Gasteiger charge is 2.13. The number of rotatable bonds is 6. The standard InChI is InChI=1S/C28H28N4O3/c1-21(33)28-29-12-13-32(28)20-26-18-27(35-30-26)25-10-8-23(9-11-25)3-2-22-4-6-24(7-5-22)19-31-14-16-34-17-15-31/h4-13,18,21,33H,14-17,19-20H2,1H3/t21-/m0/s1. The Kier molecular flexibility index (Phi) is 7.05. The molecule has 0 amide bonds. The van der Waals surface area contributed by atoms with Crippen LogP contribution in [0, 0.1) is 11.8 Å². The minimum atomic E-state index is -0.641. The van der Waals surface area contributed by atoms with Crippen LogP contribution >= 0.6 is 0 Å². The van der Waals surface area contributed by atoms with Gasteiger partial charge in [0.05, 0.1) is 19.8 Å². The molecule has 0 aliphatic carbocycles. The molecule has 1 aliphatic heterocycles. The van der Waals surface area contributed by atoms with Gasteiger partial charge >= 0.3 is 0 Å². The van der Waals surface area contributed by atoms with Crippen LogP contribution in [0.4, 0.5) is 0 Å². The quantitative estimate of drug-likeness (QED) is 0.433. The van der Waals surface area contributed by atoms with Crippen LogP contribution in [-0.2, 0) is 17.8 Å².